The van der Waals surface area contributed by atoms with Gasteiger partial charge in [-0.1, -0.05) is 0 Å². The second kappa shape index (κ2) is 43.3. The fraction of sp³-hybridized carbons (Fsp3) is 0. The molecule has 0 aromatic heterocycles. The number of hydrogen-bond donors (Lipinski definition) is 5. The first-order valence-electron chi connectivity index (χ1n) is 1.43. The summed E-state index contributed by atoms with van der Waals surface area (Å²) in [5, 5.41) is 13.9. The molecule has 0 atom stereocenters. The van der Waals surface area contributed by atoms with Crippen LogP contribution in [0.1, 0.15) is 4.28 Å². The molecule has 0 fully saturated rings. The summed E-state index contributed by atoms with van der Waals surface area (Å²) < 4.78 is 8.88. The van der Waals surface area contributed by atoms with Gasteiger partial charge in [-0.2, -0.15) is 0 Å². The molecule has 0 unspecified atom stereocenters. The third-order valence-electron chi connectivity index (χ3n) is 0. The van der Waals surface area contributed by atoms with Crippen molar-refractivity contribution in [1.82, 2.24) is 0 Å². The van der Waals surface area contributed by atoms with Crippen LogP contribution < -0.4 is 29.6 Å². The molecular weight excluding hydrogens is 314 g/mol. The fourth-order valence-corrected chi connectivity index (χ4v) is 0. The fourth-order valence-electron chi connectivity index (χ4n) is 0. The molecule has 13 nitrogen and oxygen atoms in total. The first-order valence-corrected chi connectivity index (χ1v) is 3.00. The maximum Gasteiger partial charge on any atom is 2.00 e. The molecule has 0 aliphatic carbocycles. The smallest absolute Gasteiger partial charge is 1.00 e. The van der Waals surface area contributed by atoms with E-state index in [1.54, 1.807) is 0 Å². The second-order valence-electron chi connectivity index (χ2n) is 0.796. The Labute approximate surface area is 151 Å². The summed E-state index contributed by atoms with van der Waals surface area (Å²) >= 11 is 0. The van der Waals surface area contributed by atoms with Crippen molar-refractivity contribution in [2.75, 3.05) is 0 Å². The van der Waals surface area contributed by atoms with Crippen molar-refractivity contribution in [3.05, 3.63) is 0 Å². The topological polar surface area (TPSA) is 324 Å². The van der Waals surface area contributed by atoms with Crippen LogP contribution in [0.15, 0.2) is 0 Å². The van der Waals surface area contributed by atoms with Gasteiger partial charge in [0.25, 0.3) is 0 Å². The van der Waals surface area contributed by atoms with Gasteiger partial charge in [0.1, 0.15) is 0 Å². The van der Waals surface area contributed by atoms with Crippen LogP contribution in [0.2, 0.25) is 0 Å². The zero-order valence-corrected chi connectivity index (χ0v) is 13.8. The molecule has 0 spiro atoms. The van der Waals surface area contributed by atoms with Crippen molar-refractivity contribution in [3.8, 4) is 0 Å². The van der Waals surface area contributed by atoms with Crippen LogP contribution in [0.5, 0.6) is 0 Å². The zero-order chi connectivity index (χ0) is 8.08. The Morgan fingerprint density at radius 1 is 0.824 bits per heavy atom. The summed E-state index contributed by atoms with van der Waals surface area (Å²) in [7, 11) is -4.64. The van der Waals surface area contributed by atoms with Gasteiger partial charge in [0.15, 0.2) is 0 Å². The van der Waals surface area contributed by atoms with Crippen LogP contribution in [-0.2, 0) is 4.57 Å². The normalized spacial score (nSPS) is 4.88. The summed E-state index contributed by atoms with van der Waals surface area (Å²) in [6, 6.07) is 0. The Balaban J connectivity index is -0.00000000289. The van der Waals surface area contributed by atoms with Crippen LogP contribution in [0.4, 0.5) is 4.79 Å². The summed E-state index contributed by atoms with van der Waals surface area (Å²) in [5.41, 5.74) is 0. The Hall–Kier alpha value is 1.40. The van der Waals surface area contributed by atoms with Crippen molar-refractivity contribution in [3.63, 3.8) is 0 Å². The summed E-state index contributed by atoms with van der Waals surface area (Å²) in [5.74, 6) is 0. The Bertz CT molecular complexity index is 133. The third kappa shape index (κ3) is 2110. The zero-order valence-electron chi connectivity index (χ0n) is 11.7. The molecule has 17 heavy (non-hydrogen) atoms. The molecular formula is CH20CaNaO13P. The molecule has 0 saturated heterocycles. The first kappa shape index (κ1) is 79.0. The summed E-state index contributed by atoms with van der Waals surface area (Å²) in [4.78, 5) is 30.1. The van der Waals surface area contributed by atoms with E-state index in [2.05, 4.69) is 0 Å². The van der Waals surface area contributed by atoms with E-state index >= 15 is 0 Å². The van der Waals surface area contributed by atoms with Gasteiger partial charge in [0.2, 0.25) is 0 Å². The molecule has 0 heterocycles. The minimum Gasteiger partial charge on any atom is -1.00 e. The van der Waals surface area contributed by atoms with Crippen molar-refractivity contribution in [2.45, 2.75) is 0 Å². The van der Waals surface area contributed by atoms with E-state index in [0.717, 1.165) is 0 Å². The number of rotatable bonds is 0. The van der Waals surface area contributed by atoms with E-state index in [-0.39, 0.29) is 104 Å². The van der Waals surface area contributed by atoms with Gasteiger partial charge >= 0.3 is 81.3 Å². The molecule has 110 valence electrons. The third-order valence-corrected chi connectivity index (χ3v) is 0. The van der Waals surface area contributed by atoms with Crippen molar-refractivity contribution < 1.29 is 101 Å². The molecule has 0 amide bonds. The average Bonchev–Trinajstić information content (AvgIpc) is 1.19. The quantitative estimate of drug-likeness (QED) is 0.210. The minimum atomic E-state index is -4.64. The summed E-state index contributed by atoms with van der Waals surface area (Å²) in [6.07, 6.45) is -1.83. The van der Waals surface area contributed by atoms with Gasteiger partial charge in [-0.3, -0.25) is 0 Å². The average molecular weight is 334 g/mol. The van der Waals surface area contributed by atoms with E-state index in [4.69, 9.17) is 34.3 Å². The van der Waals surface area contributed by atoms with E-state index in [9.17, 15) is 0 Å². The molecule has 0 aromatic carbocycles. The van der Waals surface area contributed by atoms with Gasteiger partial charge in [-0.15, -0.1) is 0 Å². The van der Waals surface area contributed by atoms with Crippen LogP contribution in [0, 0.1) is 0 Å². The SMILES string of the molecule is O.O.O.O.O.O.O=C(O)O.O=P(O)(O)O.[Ca+2].[H-].[H-].[H-].[Na+]. The van der Waals surface area contributed by atoms with E-state index < -0.39 is 14.0 Å². The largest absolute Gasteiger partial charge is 2.00 e. The molecule has 0 bridgehead atoms. The molecule has 0 aliphatic rings. The van der Waals surface area contributed by atoms with Crippen LogP contribution in [0.25, 0.3) is 0 Å². The maximum atomic E-state index is 8.88. The van der Waals surface area contributed by atoms with Crippen molar-refractivity contribution >= 4 is 51.7 Å². The maximum absolute atomic E-state index is 8.88. The monoisotopic (exact) mass is 334 g/mol. The van der Waals surface area contributed by atoms with Crippen LogP contribution in [-0.4, -0.2) is 102 Å². The molecule has 0 rings (SSSR count). The molecule has 16 heteroatoms. The van der Waals surface area contributed by atoms with Gasteiger partial charge < -0.3 is 62.0 Å². The van der Waals surface area contributed by atoms with Crippen LogP contribution >= 0.6 is 7.82 Å². The van der Waals surface area contributed by atoms with Crippen molar-refractivity contribution in [2.24, 2.45) is 0 Å². The predicted molar refractivity (Wildman–Crippen MR) is 55.7 cm³/mol. The Morgan fingerprint density at radius 3 is 0.824 bits per heavy atom. The van der Waals surface area contributed by atoms with E-state index in [0.29, 0.717) is 0 Å². The van der Waals surface area contributed by atoms with Crippen molar-refractivity contribution in [1.29, 1.82) is 0 Å². The van der Waals surface area contributed by atoms with E-state index in [1.807, 2.05) is 0 Å². The Kier molecular flexibility index (Phi) is 201. The molecule has 0 aromatic rings. The minimum absolute atomic E-state index is 0. The molecule has 0 radical (unpaired) electrons. The molecule has 17 N–H and O–H groups in total. The summed E-state index contributed by atoms with van der Waals surface area (Å²) in [6.45, 7) is 0. The van der Waals surface area contributed by atoms with Gasteiger partial charge in [-0.25, -0.2) is 9.36 Å². The van der Waals surface area contributed by atoms with E-state index in [1.165, 1.54) is 0 Å². The Morgan fingerprint density at radius 2 is 0.824 bits per heavy atom. The van der Waals surface area contributed by atoms with Gasteiger partial charge in [0, 0.05) is 0 Å². The van der Waals surface area contributed by atoms with Gasteiger partial charge in [-0.05, 0) is 0 Å². The molecule has 0 aliphatic heterocycles. The standard InChI is InChI=1S/CH2O3.Ca.Na.H3O4P.6H2O.3H/c2-1(3)4;;;1-5(2,3)4;;;;;;;;;/h(H2,2,3,4);;;(H3,1,2,3,4);6*1H2;;;/q;+2;+1;;;;;;;;3*-1. The number of carbonyl (C=O) groups is 1. The number of hydrogen-bond acceptors (Lipinski definition) is 2. The predicted octanol–water partition coefficient (Wildman–Crippen LogP) is -8.69. The molecule has 0 saturated carbocycles. The number of phosphoric acid groups is 1. The van der Waals surface area contributed by atoms with Gasteiger partial charge in [0.05, 0.1) is 0 Å². The first-order chi connectivity index (χ1) is 3.73. The second-order valence-corrected chi connectivity index (χ2v) is 1.82. The van der Waals surface area contributed by atoms with Crippen LogP contribution in [0.3, 0.4) is 0 Å². The number of carboxylic acid groups (broad SMARTS) is 2.